The molecule has 1 aromatic rings. The first-order valence-corrected chi connectivity index (χ1v) is 6.67. The predicted octanol–water partition coefficient (Wildman–Crippen LogP) is 1.85. The Bertz CT molecular complexity index is 413. The number of nitrogens with zero attached hydrogens (tertiary/aromatic N) is 1. The van der Waals surface area contributed by atoms with E-state index in [0.29, 0.717) is 5.92 Å². The van der Waals surface area contributed by atoms with Crippen molar-refractivity contribution in [2.45, 2.75) is 26.3 Å². The maximum atomic E-state index is 12.4. The molecule has 0 radical (unpaired) electrons. The lowest BCUT2D eigenvalue weighted by atomic mass is 10.0. The van der Waals surface area contributed by atoms with E-state index in [-0.39, 0.29) is 11.8 Å². The summed E-state index contributed by atoms with van der Waals surface area (Å²) < 4.78 is 0. The number of benzene rings is 1. The highest BCUT2D eigenvalue weighted by atomic mass is 16.1. The van der Waals surface area contributed by atoms with Crippen molar-refractivity contribution in [3.8, 4) is 0 Å². The third-order valence-electron chi connectivity index (χ3n) is 3.91. The molecule has 0 aliphatic carbocycles. The first-order chi connectivity index (χ1) is 8.61. The second-order valence-corrected chi connectivity index (χ2v) is 5.29. The molecule has 2 rings (SSSR count). The summed E-state index contributed by atoms with van der Waals surface area (Å²) in [6.45, 7) is 6.70. The highest BCUT2D eigenvalue weighted by Crippen LogP contribution is 2.19. The van der Waals surface area contributed by atoms with Gasteiger partial charge in [-0.15, -0.1) is 0 Å². The maximum absolute atomic E-state index is 12.4. The number of carbonyl (C=O) groups excluding carboxylic acids is 1. The highest BCUT2D eigenvalue weighted by Gasteiger charge is 2.29. The van der Waals surface area contributed by atoms with E-state index in [4.69, 9.17) is 5.73 Å². The van der Waals surface area contributed by atoms with Gasteiger partial charge < -0.3 is 5.73 Å². The van der Waals surface area contributed by atoms with Crippen LogP contribution < -0.4 is 5.73 Å². The van der Waals surface area contributed by atoms with E-state index in [2.05, 4.69) is 4.90 Å². The Morgan fingerprint density at radius 3 is 2.67 bits per heavy atom. The molecule has 1 aromatic carbocycles. The largest absolute Gasteiger partial charge is 0.330 e. The van der Waals surface area contributed by atoms with E-state index in [1.807, 2.05) is 38.1 Å². The average molecular weight is 246 g/mol. The predicted molar refractivity (Wildman–Crippen MR) is 73.7 cm³/mol. The molecule has 0 aromatic heterocycles. The number of likely N-dealkylation sites (tertiary alicyclic amines) is 1. The van der Waals surface area contributed by atoms with Gasteiger partial charge in [0.05, 0.1) is 6.04 Å². The van der Waals surface area contributed by atoms with Gasteiger partial charge in [0, 0.05) is 12.1 Å². The second kappa shape index (κ2) is 5.63. The number of ketones is 1. The molecule has 0 amide bonds. The van der Waals surface area contributed by atoms with Crippen LogP contribution in [0.4, 0.5) is 0 Å². The molecule has 0 spiro atoms. The van der Waals surface area contributed by atoms with Gasteiger partial charge in [-0.05, 0) is 39.3 Å². The van der Waals surface area contributed by atoms with Crippen LogP contribution in [0.15, 0.2) is 24.3 Å². The van der Waals surface area contributed by atoms with E-state index < -0.39 is 0 Å². The molecular weight excluding hydrogens is 224 g/mol. The monoisotopic (exact) mass is 246 g/mol. The third-order valence-corrected chi connectivity index (χ3v) is 3.91. The van der Waals surface area contributed by atoms with Gasteiger partial charge in [-0.2, -0.15) is 0 Å². The van der Waals surface area contributed by atoms with Gasteiger partial charge in [0.15, 0.2) is 5.78 Å². The van der Waals surface area contributed by atoms with Gasteiger partial charge in [0.25, 0.3) is 0 Å². The van der Waals surface area contributed by atoms with Crippen LogP contribution in [0, 0.1) is 12.8 Å². The average Bonchev–Trinajstić information content (AvgIpc) is 2.86. The zero-order valence-corrected chi connectivity index (χ0v) is 11.2. The number of rotatable bonds is 4. The van der Waals surface area contributed by atoms with Crippen LogP contribution in [0.1, 0.15) is 29.3 Å². The fourth-order valence-corrected chi connectivity index (χ4v) is 2.53. The molecule has 3 heteroatoms. The Kier molecular flexibility index (Phi) is 4.15. The zero-order chi connectivity index (χ0) is 13.1. The Hall–Kier alpha value is -1.19. The topological polar surface area (TPSA) is 46.3 Å². The standard InChI is InChI=1S/C15H22N2O/c1-11-3-5-14(6-4-11)15(18)12(2)17-8-7-13(9-16)10-17/h3-6,12-13H,7-10,16H2,1-2H3. The van der Waals surface area contributed by atoms with Crippen molar-refractivity contribution in [3.05, 3.63) is 35.4 Å². The summed E-state index contributed by atoms with van der Waals surface area (Å²) in [6, 6.07) is 7.79. The minimum Gasteiger partial charge on any atom is -0.330 e. The number of Topliss-reactive ketones (excluding diaryl/α,β-unsaturated/α-hetero) is 1. The van der Waals surface area contributed by atoms with Crippen molar-refractivity contribution >= 4 is 5.78 Å². The molecule has 2 N–H and O–H groups in total. The lowest BCUT2D eigenvalue weighted by molar-refractivity contribution is 0.0863. The van der Waals surface area contributed by atoms with Crippen LogP contribution in [-0.2, 0) is 0 Å². The molecule has 0 bridgehead atoms. The van der Waals surface area contributed by atoms with Gasteiger partial charge in [0.2, 0.25) is 0 Å². The summed E-state index contributed by atoms with van der Waals surface area (Å²) in [7, 11) is 0. The Morgan fingerprint density at radius 2 is 2.11 bits per heavy atom. The Labute approximate surface area is 109 Å². The van der Waals surface area contributed by atoms with E-state index >= 15 is 0 Å². The summed E-state index contributed by atoms with van der Waals surface area (Å²) in [5, 5.41) is 0. The minimum atomic E-state index is -0.0377. The number of carbonyl (C=O) groups is 1. The van der Waals surface area contributed by atoms with Crippen LogP contribution >= 0.6 is 0 Å². The zero-order valence-electron chi connectivity index (χ0n) is 11.2. The lowest BCUT2D eigenvalue weighted by Gasteiger charge is -2.23. The molecule has 3 nitrogen and oxygen atoms in total. The van der Waals surface area contributed by atoms with Crippen molar-refractivity contribution in [2.24, 2.45) is 11.7 Å². The van der Waals surface area contributed by atoms with Gasteiger partial charge in [-0.25, -0.2) is 0 Å². The molecule has 18 heavy (non-hydrogen) atoms. The number of hydrogen-bond acceptors (Lipinski definition) is 3. The van der Waals surface area contributed by atoms with E-state index in [1.165, 1.54) is 5.56 Å². The van der Waals surface area contributed by atoms with E-state index in [9.17, 15) is 4.79 Å². The van der Waals surface area contributed by atoms with Crippen LogP contribution in [-0.4, -0.2) is 36.4 Å². The molecule has 1 heterocycles. The number of nitrogens with two attached hydrogens (primary N) is 1. The summed E-state index contributed by atoms with van der Waals surface area (Å²) in [5.74, 6) is 0.769. The maximum Gasteiger partial charge on any atom is 0.179 e. The summed E-state index contributed by atoms with van der Waals surface area (Å²) in [5.41, 5.74) is 7.68. The van der Waals surface area contributed by atoms with Crippen molar-refractivity contribution in [1.29, 1.82) is 0 Å². The first-order valence-electron chi connectivity index (χ1n) is 6.67. The Balaban J connectivity index is 2.03. The second-order valence-electron chi connectivity index (χ2n) is 5.29. The molecule has 1 saturated heterocycles. The van der Waals surface area contributed by atoms with Crippen molar-refractivity contribution in [2.75, 3.05) is 19.6 Å². The highest BCUT2D eigenvalue weighted by molar-refractivity contribution is 5.99. The number of aryl methyl sites for hydroxylation is 1. The van der Waals surface area contributed by atoms with Crippen LogP contribution in [0.2, 0.25) is 0 Å². The normalized spacial score (nSPS) is 22.1. The van der Waals surface area contributed by atoms with Crippen LogP contribution in [0.25, 0.3) is 0 Å². The minimum absolute atomic E-state index is 0.0377. The fourth-order valence-electron chi connectivity index (χ4n) is 2.53. The summed E-state index contributed by atoms with van der Waals surface area (Å²) in [6.07, 6.45) is 1.11. The smallest absolute Gasteiger partial charge is 0.179 e. The summed E-state index contributed by atoms with van der Waals surface area (Å²) >= 11 is 0. The lowest BCUT2D eigenvalue weighted by Crippen LogP contribution is -2.37. The quantitative estimate of drug-likeness (QED) is 0.825. The van der Waals surface area contributed by atoms with E-state index in [1.54, 1.807) is 0 Å². The molecule has 1 fully saturated rings. The first kappa shape index (κ1) is 13.2. The van der Waals surface area contributed by atoms with Crippen molar-refractivity contribution in [3.63, 3.8) is 0 Å². The third kappa shape index (κ3) is 2.79. The molecule has 98 valence electrons. The van der Waals surface area contributed by atoms with Gasteiger partial charge in [-0.1, -0.05) is 29.8 Å². The fraction of sp³-hybridized carbons (Fsp3) is 0.533. The van der Waals surface area contributed by atoms with Crippen molar-refractivity contribution < 1.29 is 4.79 Å². The van der Waals surface area contributed by atoms with E-state index in [0.717, 1.165) is 31.6 Å². The van der Waals surface area contributed by atoms with Crippen LogP contribution in [0.5, 0.6) is 0 Å². The molecular formula is C15H22N2O. The van der Waals surface area contributed by atoms with Crippen LogP contribution in [0.3, 0.4) is 0 Å². The molecule has 0 saturated carbocycles. The van der Waals surface area contributed by atoms with Gasteiger partial charge in [0.1, 0.15) is 0 Å². The number of hydrogen-bond donors (Lipinski definition) is 1. The van der Waals surface area contributed by atoms with Gasteiger partial charge in [-0.3, -0.25) is 9.69 Å². The van der Waals surface area contributed by atoms with Crippen molar-refractivity contribution in [1.82, 2.24) is 4.90 Å². The SMILES string of the molecule is Cc1ccc(C(=O)C(C)N2CCC(CN)C2)cc1. The Morgan fingerprint density at radius 1 is 1.44 bits per heavy atom. The summed E-state index contributed by atoms with van der Waals surface area (Å²) in [4.78, 5) is 14.6. The molecule has 2 atom stereocenters. The van der Waals surface area contributed by atoms with Gasteiger partial charge >= 0.3 is 0 Å². The molecule has 1 aliphatic rings. The molecule has 1 aliphatic heterocycles. The molecule has 2 unspecified atom stereocenters.